The predicted octanol–water partition coefficient (Wildman–Crippen LogP) is 4.19. The largest absolute Gasteiger partial charge is 0.417 e. The molecular formula is C18H16F4N4. The fourth-order valence-electron chi connectivity index (χ4n) is 2.95. The van der Waals surface area contributed by atoms with E-state index >= 15 is 0 Å². The molecule has 0 saturated carbocycles. The van der Waals surface area contributed by atoms with E-state index in [1.807, 2.05) is 11.0 Å². The minimum Gasteiger partial charge on any atom is -0.381 e. The van der Waals surface area contributed by atoms with E-state index in [2.05, 4.69) is 10.3 Å². The molecule has 2 heterocycles. The lowest BCUT2D eigenvalue weighted by Gasteiger charge is -2.33. The molecule has 1 N–H and O–H groups in total. The summed E-state index contributed by atoms with van der Waals surface area (Å²) in [6, 6.07) is 8.49. The molecule has 0 unspecified atom stereocenters. The molecule has 4 nitrogen and oxygen atoms in total. The van der Waals surface area contributed by atoms with Crippen LogP contribution in [0.4, 0.5) is 29.1 Å². The standard InChI is InChI=1S/C18H16F4N4/c19-14-2-3-16(12(9-14)10-23)25-15-5-7-26(8-6-15)17-4-1-13(11-24-17)18(20,21)22/h1-4,9,11,15,25H,5-8H2. The van der Waals surface area contributed by atoms with Gasteiger partial charge in [-0.15, -0.1) is 0 Å². The first-order chi connectivity index (χ1) is 12.4. The molecule has 1 aliphatic rings. The Kier molecular flexibility index (Phi) is 4.98. The number of nitriles is 1. The number of aromatic nitrogens is 1. The zero-order valence-electron chi connectivity index (χ0n) is 13.7. The second kappa shape index (κ2) is 7.20. The maximum absolute atomic E-state index is 13.2. The highest BCUT2D eigenvalue weighted by atomic mass is 19.4. The van der Waals surface area contributed by atoms with Gasteiger partial charge >= 0.3 is 6.18 Å². The van der Waals surface area contributed by atoms with Gasteiger partial charge in [0.25, 0.3) is 0 Å². The van der Waals surface area contributed by atoms with Gasteiger partial charge in [0.2, 0.25) is 0 Å². The fraction of sp³-hybridized carbons (Fsp3) is 0.333. The predicted molar refractivity (Wildman–Crippen MR) is 89.2 cm³/mol. The lowest BCUT2D eigenvalue weighted by atomic mass is 10.0. The summed E-state index contributed by atoms with van der Waals surface area (Å²) >= 11 is 0. The minimum atomic E-state index is -4.39. The molecule has 1 aromatic carbocycles. The van der Waals surface area contributed by atoms with Gasteiger partial charge in [0.05, 0.1) is 16.8 Å². The van der Waals surface area contributed by atoms with Crippen molar-refractivity contribution in [2.24, 2.45) is 0 Å². The Hall–Kier alpha value is -2.82. The van der Waals surface area contributed by atoms with E-state index in [-0.39, 0.29) is 11.6 Å². The number of alkyl halides is 3. The summed E-state index contributed by atoms with van der Waals surface area (Å²) in [4.78, 5) is 5.84. The number of anilines is 2. The van der Waals surface area contributed by atoms with Gasteiger partial charge in [-0.1, -0.05) is 0 Å². The third-order valence-electron chi connectivity index (χ3n) is 4.36. The molecule has 1 saturated heterocycles. The number of nitrogens with one attached hydrogen (secondary N) is 1. The minimum absolute atomic E-state index is 0.0956. The van der Waals surface area contributed by atoms with Crippen LogP contribution >= 0.6 is 0 Å². The van der Waals surface area contributed by atoms with Crippen LogP contribution in [0.25, 0.3) is 0 Å². The van der Waals surface area contributed by atoms with E-state index in [0.29, 0.717) is 24.6 Å². The van der Waals surface area contributed by atoms with Crippen molar-refractivity contribution in [1.29, 1.82) is 5.26 Å². The highest BCUT2D eigenvalue weighted by Gasteiger charge is 2.31. The number of piperidine rings is 1. The van der Waals surface area contributed by atoms with Gasteiger partial charge in [-0.25, -0.2) is 9.37 Å². The molecule has 2 aromatic rings. The first kappa shape index (κ1) is 18.0. The van der Waals surface area contributed by atoms with E-state index in [1.54, 1.807) is 0 Å². The lowest BCUT2D eigenvalue weighted by Crippen LogP contribution is -2.39. The Bertz CT molecular complexity index is 803. The van der Waals surface area contributed by atoms with Crippen molar-refractivity contribution in [2.75, 3.05) is 23.3 Å². The number of benzene rings is 1. The highest BCUT2D eigenvalue weighted by molar-refractivity contribution is 5.58. The van der Waals surface area contributed by atoms with Gasteiger partial charge in [-0.05, 0) is 43.2 Å². The van der Waals surface area contributed by atoms with Crippen molar-refractivity contribution >= 4 is 11.5 Å². The Morgan fingerprint density at radius 2 is 1.88 bits per heavy atom. The van der Waals surface area contributed by atoms with Crippen LogP contribution in [0.5, 0.6) is 0 Å². The van der Waals surface area contributed by atoms with Gasteiger partial charge in [0.15, 0.2) is 0 Å². The average molecular weight is 364 g/mol. The third-order valence-corrected chi connectivity index (χ3v) is 4.36. The summed E-state index contributed by atoms with van der Waals surface area (Å²) in [5, 5.41) is 12.3. The normalized spacial score (nSPS) is 15.6. The van der Waals surface area contributed by atoms with Crippen molar-refractivity contribution in [3.8, 4) is 6.07 Å². The van der Waals surface area contributed by atoms with Crippen LogP contribution in [0.2, 0.25) is 0 Å². The van der Waals surface area contributed by atoms with Crippen LogP contribution in [-0.4, -0.2) is 24.1 Å². The van der Waals surface area contributed by atoms with Crippen LogP contribution < -0.4 is 10.2 Å². The smallest absolute Gasteiger partial charge is 0.381 e. The summed E-state index contributed by atoms with van der Waals surface area (Å²) in [5.74, 6) is 0.0474. The zero-order chi connectivity index (χ0) is 18.7. The Labute approximate surface area is 148 Å². The van der Waals surface area contributed by atoms with Gasteiger partial charge in [0.1, 0.15) is 17.7 Å². The zero-order valence-corrected chi connectivity index (χ0v) is 13.7. The second-order valence-electron chi connectivity index (χ2n) is 6.11. The van der Waals surface area contributed by atoms with Crippen LogP contribution in [0, 0.1) is 17.1 Å². The third kappa shape index (κ3) is 4.04. The van der Waals surface area contributed by atoms with Crippen LogP contribution in [-0.2, 0) is 6.18 Å². The Morgan fingerprint density at radius 1 is 1.15 bits per heavy atom. The Morgan fingerprint density at radius 3 is 2.46 bits per heavy atom. The van der Waals surface area contributed by atoms with Crippen molar-refractivity contribution in [1.82, 2.24) is 4.98 Å². The molecule has 0 atom stereocenters. The molecule has 0 radical (unpaired) electrons. The van der Waals surface area contributed by atoms with Crippen LogP contribution in [0.1, 0.15) is 24.0 Å². The number of nitrogens with zero attached hydrogens (tertiary/aromatic N) is 3. The summed E-state index contributed by atoms with van der Waals surface area (Å²) < 4.78 is 51.0. The Balaban J connectivity index is 1.60. The lowest BCUT2D eigenvalue weighted by molar-refractivity contribution is -0.137. The number of hydrogen-bond acceptors (Lipinski definition) is 4. The SMILES string of the molecule is N#Cc1cc(F)ccc1NC1CCN(c2ccc(C(F)(F)F)cn2)CC1. The second-order valence-corrected chi connectivity index (χ2v) is 6.11. The quantitative estimate of drug-likeness (QED) is 0.830. The van der Waals surface area contributed by atoms with Gasteiger partial charge in [-0.2, -0.15) is 18.4 Å². The molecule has 0 amide bonds. The molecule has 1 aliphatic heterocycles. The maximum Gasteiger partial charge on any atom is 0.417 e. The highest BCUT2D eigenvalue weighted by Crippen LogP contribution is 2.30. The molecular weight excluding hydrogens is 348 g/mol. The fourth-order valence-corrected chi connectivity index (χ4v) is 2.95. The number of hydrogen-bond donors (Lipinski definition) is 1. The van der Waals surface area contributed by atoms with Crippen LogP contribution in [0.3, 0.4) is 0 Å². The van der Waals surface area contributed by atoms with E-state index in [9.17, 15) is 17.6 Å². The van der Waals surface area contributed by atoms with Gasteiger partial charge in [-0.3, -0.25) is 0 Å². The first-order valence-corrected chi connectivity index (χ1v) is 8.11. The number of pyridine rings is 1. The van der Waals surface area contributed by atoms with Crippen molar-refractivity contribution in [3.63, 3.8) is 0 Å². The molecule has 0 bridgehead atoms. The van der Waals surface area contributed by atoms with Crippen molar-refractivity contribution < 1.29 is 17.6 Å². The molecule has 3 rings (SSSR count). The number of rotatable bonds is 3. The molecule has 8 heteroatoms. The maximum atomic E-state index is 13.2. The van der Waals surface area contributed by atoms with E-state index in [4.69, 9.17) is 5.26 Å². The van der Waals surface area contributed by atoms with E-state index in [1.165, 1.54) is 24.3 Å². The van der Waals surface area contributed by atoms with E-state index < -0.39 is 17.6 Å². The van der Waals surface area contributed by atoms with Gasteiger partial charge < -0.3 is 10.2 Å². The topological polar surface area (TPSA) is 52.0 Å². The molecule has 26 heavy (non-hydrogen) atoms. The van der Waals surface area contributed by atoms with Gasteiger partial charge in [0, 0.05) is 25.3 Å². The monoisotopic (exact) mass is 364 g/mol. The van der Waals surface area contributed by atoms with E-state index in [0.717, 1.165) is 25.1 Å². The molecule has 0 spiro atoms. The molecule has 0 aliphatic carbocycles. The average Bonchev–Trinajstić information content (AvgIpc) is 2.63. The summed E-state index contributed by atoms with van der Waals surface area (Å²) in [6.45, 7) is 1.25. The molecule has 136 valence electrons. The summed E-state index contributed by atoms with van der Waals surface area (Å²) in [7, 11) is 0. The summed E-state index contributed by atoms with van der Waals surface area (Å²) in [5.41, 5.74) is 0.0648. The first-order valence-electron chi connectivity index (χ1n) is 8.11. The molecule has 1 aromatic heterocycles. The van der Waals surface area contributed by atoms with Crippen LogP contribution in [0.15, 0.2) is 36.5 Å². The summed E-state index contributed by atoms with van der Waals surface area (Å²) in [6.07, 6.45) is -2.09. The van der Waals surface area contributed by atoms with Crippen molar-refractivity contribution in [2.45, 2.75) is 25.1 Å². The van der Waals surface area contributed by atoms with Crippen molar-refractivity contribution in [3.05, 3.63) is 53.5 Å². The number of halogens is 4. The molecule has 1 fully saturated rings.